The molecular formula is C12H21N5O3S2. The number of nitrogens with one attached hydrogen (secondary N) is 2. The maximum atomic E-state index is 12.2. The third-order valence-electron chi connectivity index (χ3n) is 3.83. The number of rotatable bonds is 6. The van der Waals surface area contributed by atoms with Crippen LogP contribution in [0.15, 0.2) is 0 Å². The van der Waals surface area contributed by atoms with Crippen LogP contribution in [0.2, 0.25) is 0 Å². The van der Waals surface area contributed by atoms with Gasteiger partial charge in [0.05, 0.1) is 6.26 Å². The summed E-state index contributed by atoms with van der Waals surface area (Å²) in [7, 11) is -3.40. The molecule has 1 aliphatic carbocycles. The number of sulfonamides is 1. The number of hydrogen-bond donors (Lipinski definition) is 3. The number of nitrogens with zero attached hydrogens (tertiary/aromatic N) is 2. The van der Waals surface area contributed by atoms with Crippen LogP contribution in [-0.2, 0) is 14.8 Å². The molecule has 1 aromatic heterocycles. The highest BCUT2D eigenvalue weighted by atomic mass is 32.2. The van der Waals surface area contributed by atoms with Crippen molar-refractivity contribution < 1.29 is 13.2 Å². The molecule has 1 aliphatic rings. The summed E-state index contributed by atoms with van der Waals surface area (Å²) in [5.74, 6) is -0.158. The Labute approximate surface area is 133 Å². The van der Waals surface area contributed by atoms with Gasteiger partial charge in [-0.2, -0.15) is 0 Å². The van der Waals surface area contributed by atoms with Gasteiger partial charge in [0.2, 0.25) is 26.2 Å². The van der Waals surface area contributed by atoms with Crippen LogP contribution in [0.25, 0.3) is 0 Å². The second kappa shape index (κ2) is 6.88. The first kappa shape index (κ1) is 17.1. The van der Waals surface area contributed by atoms with E-state index in [4.69, 9.17) is 5.73 Å². The molecule has 124 valence electrons. The van der Waals surface area contributed by atoms with Gasteiger partial charge in [-0.25, -0.2) is 8.42 Å². The van der Waals surface area contributed by atoms with Gasteiger partial charge in [-0.15, -0.1) is 10.2 Å². The molecular weight excluding hydrogens is 326 g/mol. The third kappa shape index (κ3) is 4.89. The van der Waals surface area contributed by atoms with E-state index in [0.717, 1.165) is 43.3 Å². The van der Waals surface area contributed by atoms with Gasteiger partial charge < -0.3 is 11.1 Å². The molecule has 22 heavy (non-hydrogen) atoms. The highest BCUT2D eigenvalue weighted by Crippen LogP contribution is 2.38. The fraction of sp³-hybridized carbons (Fsp3) is 0.750. The molecule has 2 rings (SSSR count). The average Bonchev–Trinajstić information content (AvgIpc) is 2.84. The van der Waals surface area contributed by atoms with Crippen LogP contribution in [0.5, 0.6) is 0 Å². The Morgan fingerprint density at radius 2 is 1.91 bits per heavy atom. The summed E-state index contributed by atoms with van der Waals surface area (Å²) in [6.07, 6.45) is 6.72. The van der Waals surface area contributed by atoms with Crippen molar-refractivity contribution in [1.82, 2.24) is 10.2 Å². The number of amides is 1. The van der Waals surface area contributed by atoms with E-state index in [1.54, 1.807) is 0 Å². The maximum absolute atomic E-state index is 12.2. The number of anilines is 2. The summed E-state index contributed by atoms with van der Waals surface area (Å²) in [5, 5.41) is 10.5. The fourth-order valence-corrected chi connectivity index (χ4v) is 4.22. The van der Waals surface area contributed by atoms with Crippen LogP contribution in [0.3, 0.4) is 0 Å². The van der Waals surface area contributed by atoms with Crippen LogP contribution in [0.4, 0.5) is 10.3 Å². The van der Waals surface area contributed by atoms with Crippen LogP contribution < -0.4 is 15.8 Å². The smallest absolute Gasteiger partial charge is 0.231 e. The lowest BCUT2D eigenvalue weighted by Gasteiger charge is -2.35. The van der Waals surface area contributed by atoms with Gasteiger partial charge in [-0.3, -0.25) is 9.52 Å². The number of aromatic nitrogens is 2. The molecule has 0 saturated heterocycles. The minimum atomic E-state index is -3.40. The normalized spacial score (nSPS) is 17.9. The van der Waals surface area contributed by atoms with Crippen LogP contribution >= 0.6 is 11.3 Å². The van der Waals surface area contributed by atoms with Crippen LogP contribution in [0, 0.1) is 5.41 Å². The lowest BCUT2D eigenvalue weighted by molar-refractivity contribution is -0.118. The predicted octanol–water partition coefficient (Wildman–Crippen LogP) is 1.15. The Balaban J connectivity index is 1.94. The zero-order valence-corrected chi connectivity index (χ0v) is 14.1. The Morgan fingerprint density at radius 3 is 2.50 bits per heavy atom. The van der Waals surface area contributed by atoms with Crippen LogP contribution in [-0.4, -0.2) is 37.3 Å². The van der Waals surface area contributed by atoms with E-state index in [2.05, 4.69) is 20.2 Å². The van der Waals surface area contributed by atoms with Gasteiger partial charge in [0.25, 0.3) is 0 Å². The molecule has 1 fully saturated rings. The SMILES string of the molecule is CS(=O)(=O)Nc1nnc(NC(=O)CC2(CN)CCCCC2)s1. The first-order chi connectivity index (χ1) is 10.3. The molecule has 1 amide bonds. The van der Waals surface area contributed by atoms with E-state index >= 15 is 0 Å². The predicted molar refractivity (Wildman–Crippen MR) is 86.2 cm³/mol. The van der Waals surface area contributed by atoms with Gasteiger partial charge in [0, 0.05) is 6.42 Å². The maximum Gasteiger partial charge on any atom is 0.231 e. The summed E-state index contributed by atoms with van der Waals surface area (Å²) in [4.78, 5) is 12.2. The van der Waals surface area contributed by atoms with E-state index in [1.165, 1.54) is 6.42 Å². The number of nitrogens with two attached hydrogens (primary N) is 1. The number of carbonyl (C=O) groups is 1. The minimum absolute atomic E-state index is 0.124. The van der Waals surface area contributed by atoms with E-state index in [0.29, 0.717) is 13.0 Å². The molecule has 1 heterocycles. The molecule has 0 aliphatic heterocycles. The summed E-state index contributed by atoms with van der Waals surface area (Å²) < 4.78 is 24.4. The Kier molecular flexibility index (Phi) is 5.35. The standard InChI is InChI=1S/C12H21N5O3S2/c1-22(19,20)17-11-16-15-10(21-11)14-9(18)7-12(8-13)5-3-2-4-6-12/h2-8,13H2,1H3,(H,16,17)(H,14,15,18). The van der Waals surface area contributed by atoms with Crippen molar-refractivity contribution in [3.05, 3.63) is 0 Å². The largest absolute Gasteiger partial charge is 0.330 e. The molecule has 0 unspecified atom stereocenters. The molecule has 1 aromatic rings. The highest BCUT2D eigenvalue weighted by Gasteiger charge is 2.33. The summed E-state index contributed by atoms with van der Waals surface area (Å²) >= 11 is 0.981. The van der Waals surface area contributed by atoms with E-state index in [1.807, 2.05) is 0 Å². The van der Waals surface area contributed by atoms with Crippen molar-refractivity contribution in [3.63, 3.8) is 0 Å². The second-order valence-corrected chi connectivity index (χ2v) is 8.50. The minimum Gasteiger partial charge on any atom is -0.330 e. The van der Waals surface area contributed by atoms with Gasteiger partial charge in [0.1, 0.15) is 0 Å². The highest BCUT2D eigenvalue weighted by molar-refractivity contribution is 7.92. The summed E-state index contributed by atoms with van der Waals surface area (Å²) in [6, 6.07) is 0. The average molecular weight is 347 g/mol. The molecule has 0 bridgehead atoms. The third-order valence-corrected chi connectivity index (χ3v) is 5.27. The molecule has 1 saturated carbocycles. The monoisotopic (exact) mass is 347 g/mol. The quantitative estimate of drug-likeness (QED) is 0.708. The molecule has 10 heteroatoms. The molecule has 0 radical (unpaired) electrons. The van der Waals surface area contributed by atoms with E-state index in [9.17, 15) is 13.2 Å². The molecule has 4 N–H and O–H groups in total. The van der Waals surface area contributed by atoms with Gasteiger partial charge in [0.15, 0.2) is 0 Å². The molecule has 0 aromatic carbocycles. The first-order valence-corrected chi connectivity index (χ1v) is 9.84. The van der Waals surface area contributed by atoms with Crippen molar-refractivity contribution in [2.24, 2.45) is 11.1 Å². The zero-order chi connectivity index (χ0) is 16.2. The number of carbonyl (C=O) groups excluding carboxylic acids is 1. The Hall–Kier alpha value is -1.26. The van der Waals surface area contributed by atoms with Crippen molar-refractivity contribution in [2.75, 3.05) is 22.8 Å². The topological polar surface area (TPSA) is 127 Å². The second-order valence-electron chi connectivity index (χ2n) is 5.78. The number of hydrogen-bond acceptors (Lipinski definition) is 7. The van der Waals surface area contributed by atoms with Gasteiger partial charge in [-0.1, -0.05) is 30.6 Å². The lowest BCUT2D eigenvalue weighted by atomic mass is 9.72. The van der Waals surface area contributed by atoms with Gasteiger partial charge >= 0.3 is 0 Å². The summed E-state index contributed by atoms with van der Waals surface area (Å²) in [6.45, 7) is 0.497. The Morgan fingerprint density at radius 1 is 1.27 bits per heavy atom. The van der Waals surface area contributed by atoms with Crippen molar-refractivity contribution in [3.8, 4) is 0 Å². The lowest BCUT2D eigenvalue weighted by Crippen LogP contribution is -2.36. The van der Waals surface area contributed by atoms with Crippen molar-refractivity contribution >= 4 is 37.5 Å². The van der Waals surface area contributed by atoms with Crippen molar-refractivity contribution in [1.29, 1.82) is 0 Å². The molecule has 0 atom stereocenters. The molecule has 8 nitrogen and oxygen atoms in total. The van der Waals surface area contributed by atoms with Crippen LogP contribution in [0.1, 0.15) is 38.5 Å². The van der Waals surface area contributed by atoms with E-state index < -0.39 is 10.0 Å². The van der Waals surface area contributed by atoms with E-state index in [-0.39, 0.29) is 21.6 Å². The van der Waals surface area contributed by atoms with Crippen molar-refractivity contribution in [2.45, 2.75) is 38.5 Å². The fourth-order valence-electron chi connectivity index (χ4n) is 2.73. The molecule has 0 spiro atoms. The Bertz CT molecular complexity index is 622. The first-order valence-electron chi connectivity index (χ1n) is 7.13. The van der Waals surface area contributed by atoms with Gasteiger partial charge in [-0.05, 0) is 24.8 Å². The summed E-state index contributed by atoms with van der Waals surface area (Å²) in [5.41, 5.74) is 5.75. The zero-order valence-electron chi connectivity index (χ0n) is 12.5.